The van der Waals surface area contributed by atoms with E-state index in [1.54, 1.807) is 9.58 Å². The van der Waals surface area contributed by atoms with Crippen molar-refractivity contribution in [2.75, 3.05) is 6.54 Å². The lowest BCUT2D eigenvalue weighted by molar-refractivity contribution is -0.138. The van der Waals surface area contributed by atoms with Crippen molar-refractivity contribution < 1.29 is 9.59 Å². The van der Waals surface area contributed by atoms with Gasteiger partial charge in [-0.05, 0) is 61.8 Å². The van der Waals surface area contributed by atoms with Crippen molar-refractivity contribution in [3.8, 4) is 0 Å². The zero-order chi connectivity index (χ0) is 26.5. The van der Waals surface area contributed by atoms with E-state index in [1.807, 2.05) is 43.4 Å². The molecule has 1 aliphatic carbocycles. The summed E-state index contributed by atoms with van der Waals surface area (Å²) in [6.45, 7) is 0.552. The van der Waals surface area contributed by atoms with Gasteiger partial charge in [-0.15, -0.1) is 5.10 Å². The Morgan fingerprint density at radius 3 is 2.61 bits per heavy atom. The highest BCUT2D eigenvalue weighted by atomic mass is 16.2. The van der Waals surface area contributed by atoms with Crippen molar-refractivity contribution in [2.24, 2.45) is 12.8 Å². The number of ketones is 1. The van der Waals surface area contributed by atoms with E-state index in [0.717, 1.165) is 23.0 Å². The van der Waals surface area contributed by atoms with Gasteiger partial charge in [0.05, 0.1) is 17.6 Å². The predicted octanol–water partition coefficient (Wildman–Crippen LogP) is 3.32. The van der Waals surface area contributed by atoms with Crippen LogP contribution in [-0.2, 0) is 29.5 Å². The highest BCUT2D eigenvalue weighted by molar-refractivity contribution is 5.91. The zero-order valence-corrected chi connectivity index (χ0v) is 22.4. The van der Waals surface area contributed by atoms with Crippen molar-refractivity contribution >= 4 is 22.7 Å². The van der Waals surface area contributed by atoms with Gasteiger partial charge in [-0.1, -0.05) is 60.9 Å². The number of fused-ring (bicyclic) bond motifs is 1. The highest BCUT2D eigenvalue weighted by Gasteiger charge is 2.41. The summed E-state index contributed by atoms with van der Waals surface area (Å²) in [6, 6.07) is 15.7. The molecule has 1 saturated carbocycles. The van der Waals surface area contributed by atoms with E-state index < -0.39 is 12.1 Å². The number of carbonyl (C=O) groups is 2. The number of nitrogens with zero attached hydrogens (tertiary/aromatic N) is 4. The van der Waals surface area contributed by atoms with Crippen LogP contribution in [0, 0.1) is 0 Å². The molecular formula is C30H40N6O2. The van der Waals surface area contributed by atoms with Gasteiger partial charge in [0.2, 0.25) is 5.91 Å². The van der Waals surface area contributed by atoms with Crippen molar-refractivity contribution in [2.45, 2.75) is 88.4 Å². The number of amides is 1. The first-order chi connectivity index (χ1) is 18.5. The third-order valence-electron chi connectivity index (χ3n) is 8.27. The van der Waals surface area contributed by atoms with Crippen LogP contribution in [0.25, 0.3) is 11.0 Å². The van der Waals surface area contributed by atoms with Gasteiger partial charge >= 0.3 is 0 Å². The molecule has 2 aromatic carbocycles. The lowest BCUT2D eigenvalue weighted by Crippen LogP contribution is -2.49. The Labute approximate surface area is 224 Å². The molecule has 3 unspecified atom stereocenters. The second-order valence-electron chi connectivity index (χ2n) is 11.1. The summed E-state index contributed by atoms with van der Waals surface area (Å²) in [5.74, 6) is 0.00833. The molecule has 1 saturated heterocycles. The van der Waals surface area contributed by atoms with Gasteiger partial charge in [0, 0.05) is 32.1 Å². The SMILES string of the molecule is Cn1nnc2cc(CCC(=O)C3CC(NC4CCCCC4)CN3C(=O)C(N)CCc3ccccc3)ccc21. The number of nitrogens with two attached hydrogens (primary N) is 1. The van der Waals surface area contributed by atoms with Crippen LogP contribution in [0.1, 0.15) is 62.5 Å². The van der Waals surface area contributed by atoms with Crippen LogP contribution < -0.4 is 11.1 Å². The van der Waals surface area contributed by atoms with Crippen LogP contribution in [0.2, 0.25) is 0 Å². The van der Waals surface area contributed by atoms with Crippen molar-refractivity contribution in [3.63, 3.8) is 0 Å². The highest BCUT2D eigenvalue weighted by Crippen LogP contribution is 2.26. The predicted molar refractivity (Wildman–Crippen MR) is 148 cm³/mol. The molecule has 1 amide bonds. The van der Waals surface area contributed by atoms with Gasteiger partial charge in [-0.3, -0.25) is 9.59 Å². The number of hydrogen-bond acceptors (Lipinski definition) is 6. The molecule has 0 radical (unpaired) electrons. The van der Waals surface area contributed by atoms with E-state index >= 15 is 0 Å². The first-order valence-corrected chi connectivity index (χ1v) is 14.1. The lowest BCUT2D eigenvalue weighted by Gasteiger charge is -2.27. The summed E-state index contributed by atoms with van der Waals surface area (Å²) < 4.78 is 1.74. The Balaban J connectivity index is 1.24. The van der Waals surface area contributed by atoms with Gasteiger partial charge in [-0.2, -0.15) is 0 Å². The molecule has 2 aliphatic rings. The average molecular weight is 517 g/mol. The topological polar surface area (TPSA) is 106 Å². The summed E-state index contributed by atoms with van der Waals surface area (Å²) in [7, 11) is 1.87. The number of carbonyl (C=O) groups excluding carboxylic acids is 2. The molecule has 2 fully saturated rings. The fourth-order valence-electron chi connectivity index (χ4n) is 6.09. The minimum absolute atomic E-state index is 0.104. The number of rotatable bonds is 10. The number of aryl methyl sites for hydroxylation is 3. The number of benzene rings is 2. The average Bonchev–Trinajstić information content (AvgIpc) is 3.54. The largest absolute Gasteiger partial charge is 0.330 e. The van der Waals surface area contributed by atoms with E-state index in [4.69, 9.17) is 5.73 Å². The first-order valence-electron chi connectivity index (χ1n) is 14.1. The van der Waals surface area contributed by atoms with Crippen molar-refractivity contribution in [1.82, 2.24) is 25.2 Å². The van der Waals surface area contributed by atoms with Crippen LogP contribution in [0.3, 0.4) is 0 Å². The first kappa shape index (κ1) is 26.5. The standard InChI is InChI=1S/C30H40N6O2/c1-35-27-16-13-22(18-26(27)33-34-35)14-17-29(37)28-19-24(32-23-10-6-3-7-11-23)20-36(28)30(38)25(31)15-12-21-8-4-2-5-9-21/h2,4-5,8-9,13,16,18,23-25,28,32H,3,6-7,10-12,14-15,17,19-20,31H2,1H3. The maximum atomic E-state index is 13.5. The Morgan fingerprint density at radius 2 is 1.82 bits per heavy atom. The molecule has 0 spiro atoms. The van der Waals surface area contributed by atoms with E-state index in [1.165, 1.54) is 37.7 Å². The van der Waals surface area contributed by atoms with Crippen LogP contribution in [0.5, 0.6) is 0 Å². The fraction of sp³-hybridized carbons (Fsp3) is 0.533. The summed E-state index contributed by atoms with van der Waals surface area (Å²) in [4.78, 5) is 28.9. The van der Waals surface area contributed by atoms with Crippen LogP contribution in [0.4, 0.5) is 0 Å². The molecule has 1 aromatic heterocycles. The minimum atomic E-state index is -0.613. The second-order valence-corrected chi connectivity index (χ2v) is 11.1. The van der Waals surface area contributed by atoms with Gasteiger partial charge in [0.1, 0.15) is 5.52 Å². The summed E-state index contributed by atoms with van der Waals surface area (Å²) in [6.07, 6.45) is 9.11. The number of nitrogens with one attached hydrogen (secondary N) is 1. The van der Waals surface area contributed by atoms with Crippen LogP contribution in [-0.4, -0.2) is 62.3 Å². The molecule has 0 bridgehead atoms. The number of hydrogen-bond donors (Lipinski definition) is 2. The van der Waals surface area contributed by atoms with Crippen molar-refractivity contribution in [1.29, 1.82) is 0 Å². The molecule has 3 N–H and O–H groups in total. The van der Waals surface area contributed by atoms with E-state index in [0.29, 0.717) is 38.3 Å². The summed E-state index contributed by atoms with van der Waals surface area (Å²) in [5, 5.41) is 12.0. The Kier molecular flexibility index (Phi) is 8.49. The van der Waals surface area contributed by atoms with Gasteiger partial charge in [0.25, 0.3) is 0 Å². The number of Topliss-reactive ketones (excluding diaryl/α,β-unsaturated/α-hetero) is 1. The Morgan fingerprint density at radius 1 is 1.03 bits per heavy atom. The zero-order valence-electron chi connectivity index (χ0n) is 22.4. The molecule has 38 heavy (non-hydrogen) atoms. The van der Waals surface area contributed by atoms with Crippen LogP contribution in [0.15, 0.2) is 48.5 Å². The molecule has 1 aliphatic heterocycles. The number of aromatic nitrogens is 3. The Bertz CT molecular complexity index is 1240. The van der Waals surface area contributed by atoms with Crippen LogP contribution >= 0.6 is 0 Å². The maximum Gasteiger partial charge on any atom is 0.240 e. The second kappa shape index (κ2) is 12.2. The quantitative estimate of drug-likeness (QED) is 0.428. The summed E-state index contributed by atoms with van der Waals surface area (Å²) >= 11 is 0. The lowest BCUT2D eigenvalue weighted by atomic mass is 9.94. The van der Waals surface area contributed by atoms with E-state index in [-0.39, 0.29) is 17.7 Å². The normalized spacial score (nSPS) is 21.2. The molecule has 8 nitrogen and oxygen atoms in total. The molecule has 2 heterocycles. The van der Waals surface area contributed by atoms with Gasteiger partial charge < -0.3 is 16.0 Å². The third-order valence-corrected chi connectivity index (χ3v) is 8.27. The minimum Gasteiger partial charge on any atom is -0.330 e. The summed E-state index contributed by atoms with van der Waals surface area (Å²) in [5.41, 5.74) is 10.4. The molecule has 8 heteroatoms. The molecule has 202 valence electrons. The monoisotopic (exact) mass is 516 g/mol. The molecule has 3 atom stereocenters. The molecule has 5 rings (SSSR count). The third kappa shape index (κ3) is 6.30. The fourth-order valence-corrected chi connectivity index (χ4v) is 6.09. The van der Waals surface area contributed by atoms with E-state index in [9.17, 15) is 9.59 Å². The van der Waals surface area contributed by atoms with Gasteiger partial charge in [-0.25, -0.2) is 4.68 Å². The van der Waals surface area contributed by atoms with Crippen molar-refractivity contribution in [3.05, 3.63) is 59.7 Å². The Hall–Kier alpha value is -3.10. The van der Waals surface area contributed by atoms with Gasteiger partial charge in [0.15, 0.2) is 5.78 Å². The molecule has 3 aromatic rings. The smallest absolute Gasteiger partial charge is 0.240 e. The maximum absolute atomic E-state index is 13.5. The molecular weight excluding hydrogens is 476 g/mol. The number of likely N-dealkylation sites (tertiary alicyclic amines) is 1. The van der Waals surface area contributed by atoms with E-state index in [2.05, 4.69) is 27.8 Å².